The molecule has 260 valence electrons. The molecule has 3 N–H and O–H groups in total. The Hall–Kier alpha value is -3.97. The maximum Gasteiger partial charge on any atom is 0.274 e. The Bertz CT molecular complexity index is 1890. The lowest BCUT2D eigenvalue weighted by atomic mass is 10.0. The van der Waals surface area contributed by atoms with Crippen LogP contribution in [0.2, 0.25) is 0 Å². The molecule has 11 nitrogen and oxygen atoms in total. The van der Waals surface area contributed by atoms with Gasteiger partial charge in [-0.05, 0) is 82.2 Å². The van der Waals surface area contributed by atoms with Gasteiger partial charge in [-0.25, -0.2) is 13.4 Å². The Morgan fingerprint density at radius 2 is 1.90 bits per heavy atom. The number of nitrogens with one attached hydrogen (secondary N) is 3. The molecule has 0 bridgehead atoms. The van der Waals surface area contributed by atoms with Crippen molar-refractivity contribution in [2.24, 2.45) is 5.92 Å². The van der Waals surface area contributed by atoms with E-state index in [1.807, 2.05) is 67.6 Å². The lowest BCUT2D eigenvalue weighted by Crippen LogP contribution is -2.58. The Morgan fingerprint density at radius 3 is 2.67 bits per heavy atom. The normalized spacial score (nSPS) is 29.1. The van der Waals surface area contributed by atoms with Crippen LogP contribution in [0.15, 0.2) is 60.7 Å². The van der Waals surface area contributed by atoms with Crippen LogP contribution < -0.4 is 20.1 Å². The monoisotopic (exact) mass is 705 g/mol. The third-order valence-corrected chi connectivity index (χ3v) is 13.5. The average molecular weight is 706 g/mol. The molecule has 2 aliphatic carbocycles. The van der Waals surface area contributed by atoms with Crippen molar-refractivity contribution in [3.63, 3.8) is 0 Å². The number of allylic oxidation sites excluding steroid dienone is 1. The summed E-state index contributed by atoms with van der Waals surface area (Å²) in [6.07, 6.45) is 8.81. The second kappa shape index (κ2) is 13.1. The van der Waals surface area contributed by atoms with Gasteiger partial charge in [0.15, 0.2) is 0 Å². The summed E-state index contributed by atoms with van der Waals surface area (Å²) in [5.41, 5.74) is 1.31. The summed E-state index contributed by atoms with van der Waals surface area (Å²) < 4.78 is 34.8. The van der Waals surface area contributed by atoms with E-state index >= 15 is 0 Å². The first-order valence-corrected chi connectivity index (χ1v) is 19.5. The number of para-hydroxylation sites is 1. The molecule has 3 amide bonds. The molecular formula is C36H43N5O6S2. The summed E-state index contributed by atoms with van der Waals surface area (Å²) in [4.78, 5) is 48.7. The van der Waals surface area contributed by atoms with Crippen LogP contribution in [0.3, 0.4) is 0 Å². The van der Waals surface area contributed by atoms with E-state index in [0.29, 0.717) is 24.5 Å². The highest BCUT2D eigenvalue weighted by atomic mass is 32.2. The zero-order chi connectivity index (χ0) is 34.4. The van der Waals surface area contributed by atoms with Crippen LogP contribution in [0.5, 0.6) is 5.19 Å². The van der Waals surface area contributed by atoms with Crippen LogP contribution in [0.25, 0.3) is 10.2 Å². The number of sulfonamides is 1. The summed E-state index contributed by atoms with van der Waals surface area (Å²) in [5, 5.41) is 6.82. The van der Waals surface area contributed by atoms with Crippen LogP contribution in [0.1, 0.15) is 70.3 Å². The molecule has 7 rings (SSSR count). The highest BCUT2D eigenvalue weighted by molar-refractivity contribution is 7.91. The summed E-state index contributed by atoms with van der Waals surface area (Å²) in [6.45, 7) is 3.79. The van der Waals surface area contributed by atoms with Gasteiger partial charge in [0, 0.05) is 18.0 Å². The molecule has 3 heterocycles. The molecule has 0 spiro atoms. The van der Waals surface area contributed by atoms with Crippen molar-refractivity contribution in [1.29, 1.82) is 0 Å². The van der Waals surface area contributed by atoms with Crippen molar-refractivity contribution >= 4 is 55.0 Å². The molecule has 0 radical (unpaired) electrons. The Morgan fingerprint density at radius 1 is 1.10 bits per heavy atom. The van der Waals surface area contributed by atoms with Crippen molar-refractivity contribution in [2.45, 2.75) is 100 Å². The van der Waals surface area contributed by atoms with E-state index in [4.69, 9.17) is 4.74 Å². The van der Waals surface area contributed by atoms with Gasteiger partial charge in [0.05, 0.1) is 21.5 Å². The molecule has 3 aromatic rings. The number of aromatic nitrogens is 1. The topological polar surface area (TPSA) is 147 Å². The van der Waals surface area contributed by atoms with Crippen molar-refractivity contribution < 1.29 is 27.5 Å². The van der Waals surface area contributed by atoms with Crippen LogP contribution in [0, 0.1) is 12.8 Å². The number of hydrogen-bond acceptors (Lipinski definition) is 9. The Labute approximate surface area is 290 Å². The second-order valence-electron chi connectivity index (χ2n) is 14.2. The van der Waals surface area contributed by atoms with E-state index in [1.54, 1.807) is 11.8 Å². The van der Waals surface area contributed by atoms with Gasteiger partial charge in [0.2, 0.25) is 21.8 Å². The summed E-state index contributed by atoms with van der Waals surface area (Å²) in [7, 11) is -3.92. The highest BCUT2D eigenvalue weighted by Gasteiger charge is 2.63. The summed E-state index contributed by atoms with van der Waals surface area (Å²) in [6, 6.07) is 14.0. The first-order chi connectivity index (χ1) is 23.5. The molecule has 49 heavy (non-hydrogen) atoms. The van der Waals surface area contributed by atoms with Gasteiger partial charge in [-0.15, -0.1) is 0 Å². The molecule has 3 fully saturated rings. The van der Waals surface area contributed by atoms with Crippen LogP contribution in [-0.2, 0) is 24.4 Å². The fourth-order valence-electron chi connectivity index (χ4n) is 6.89. The predicted octanol–water partition coefficient (Wildman–Crippen LogP) is 4.83. The molecule has 2 aromatic carbocycles. The van der Waals surface area contributed by atoms with Gasteiger partial charge in [0.25, 0.3) is 11.1 Å². The predicted molar refractivity (Wildman–Crippen MR) is 189 cm³/mol. The molecule has 13 heteroatoms. The minimum Gasteiger partial charge on any atom is -0.465 e. The third-order valence-electron chi connectivity index (χ3n) is 10.4. The first kappa shape index (κ1) is 33.5. The number of benzene rings is 2. The lowest BCUT2D eigenvalue weighted by molar-refractivity contribution is -0.140. The van der Waals surface area contributed by atoms with Crippen molar-refractivity contribution in [3.05, 3.63) is 66.2 Å². The van der Waals surface area contributed by atoms with E-state index in [1.165, 1.54) is 11.3 Å². The Kier molecular flexibility index (Phi) is 8.93. The minimum atomic E-state index is -3.92. The van der Waals surface area contributed by atoms with Crippen molar-refractivity contribution in [2.75, 3.05) is 11.9 Å². The van der Waals surface area contributed by atoms with E-state index in [9.17, 15) is 22.8 Å². The van der Waals surface area contributed by atoms with Crippen LogP contribution in [0.4, 0.5) is 5.69 Å². The highest BCUT2D eigenvalue weighted by Crippen LogP contribution is 2.47. The van der Waals surface area contributed by atoms with E-state index in [0.717, 1.165) is 47.2 Å². The number of fused-ring (bicyclic) bond motifs is 3. The first-order valence-electron chi connectivity index (χ1n) is 17.2. The maximum atomic E-state index is 14.4. The fourth-order valence-corrected chi connectivity index (χ4v) is 9.18. The largest absolute Gasteiger partial charge is 0.465 e. The smallest absolute Gasteiger partial charge is 0.274 e. The van der Waals surface area contributed by atoms with E-state index in [-0.39, 0.29) is 31.2 Å². The Balaban J connectivity index is 1.18. The van der Waals surface area contributed by atoms with Gasteiger partial charge in [-0.1, -0.05) is 60.6 Å². The molecule has 0 unspecified atom stereocenters. The summed E-state index contributed by atoms with van der Waals surface area (Å²) in [5.74, 6) is -1.82. The van der Waals surface area contributed by atoms with Crippen LogP contribution in [-0.4, -0.2) is 71.0 Å². The number of hydrogen-bond donors (Lipinski definition) is 3. The minimum absolute atomic E-state index is 0.161. The molecule has 2 saturated carbocycles. The van der Waals surface area contributed by atoms with E-state index in [2.05, 4.69) is 20.3 Å². The third kappa shape index (κ3) is 6.92. The van der Waals surface area contributed by atoms with E-state index < -0.39 is 50.3 Å². The standard InChI is InChI=1S/C36H43N5O6S2/c1-23-15-16-27-30(19-23)48-34(38-27)47-26-20-29-31(42)39-36(33(44)40-49(45,46)35(2)17-18-35)21-24(36)11-7-4-3-5-10-14-28(32(43)41(29)22-26)37-25-12-8-6-9-13-25/h6-9,11-13,15-16,19,24,26,28-29,37H,3-5,10,14,17-18,20-22H2,1-2H3,(H,39,42)(H,40,44)/b11-7-/t24-,26-,28+,29+,36-/m1/s1. The van der Waals surface area contributed by atoms with Crippen molar-refractivity contribution in [1.82, 2.24) is 19.9 Å². The molecule has 1 aromatic heterocycles. The molecule has 2 aliphatic heterocycles. The number of rotatable bonds is 7. The van der Waals surface area contributed by atoms with Gasteiger partial charge in [-0.2, -0.15) is 0 Å². The summed E-state index contributed by atoms with van der Waals surface area (Å²) >= 11 is 1.42. The number of nitrogens with zero attached hydrogens (tertiary/aromatic N) is 2. The molecule has 5 atom stereocenters. The van der Waals surface area contributed by atoms with Gasteiger partial charge in [0.1, 0.15) is 23.7 Å². The van der Waals surface area contributed by atoms with Crippen LogP contribution >= 0.6 is 11.3 Å². The quantitative estimate of drug-likeness (QED) is 0.297. The zero-order valence-corrected chi connectivity index (χ0v) is 29.4. The number of carbonyl (C=O) groups is 3. The molecular weight excluding hydrogens is 663 g/mol. The number of thiazole rings is 1. The number of ether oxygens (including phenoxy) is 1. The fraction of sp³-hybridized carbons (Fsp3) is 0.500. The number of aryl methyl sites for hydroxylation is 1. The lowest BCUT2D eigenvalue weighted by Gasteiger charge is -2.30. The number of carbonyl (C=O) groups excluding carboxylic acids is 3. The average Bonchev–Trinajstić information content (AvgIpc) is 3.88. The molecule has 4 aliphatic rings. The van der Waals surface area contributed by atoms with Gasteiger partial charge >= 0.3 is 0 Å². The molecule has 1 saturated heterocycles. The number of anilines is 1. The van der Waals surface area contributed by atoms with Crippen molar-refractivity contribution in [3.8, 4) is 5.19 Å². The van der Waals surface area contributed by atoms with Gasteiger partial charge < -0.3 is 20.3 Å². The SMILES string of the molecule is Cc1ccc2nc(O[C@@H]3C[C@H]4C(=O)N[C@]5(C(=O)NS(=O)(=O)C6(C)CC6)C[C@H]5/C=C\CCCCC[C@H](Nc5ccccc5)C(=O)N4C3)sc2c1. The zero-order valence-electron chi connectivity index (χ0n) is 27.8. The maximum absolute atomic E-state index is 14.4. The number of amides is 3. The van der Waals surface area contributed by atoms with Gasteiger partial charge in [-0.3, -0.25) is 19.1 Å². The second-order valence-corrected chi connectivity index (χ2v) is 17.4.